The number of esters is 3. The Kier molecular flexibility index (Phi) is 58.2. The SMILES string of the molecule is CC/C=C\C/C=C\C/C=C\C/C=C\CCCCCCCCCCC(=O)OCC(COC(=O)CCCCCCC/C=C\CCCCCCCC)OC(=O)CCCCCCCCCCCCCCCCCCCC. The summed E-state index contributed by atoms with van der Waals surface area (Å²) in [6.45, 7) is 6.56. The molecule has 6 heteroatoms. The van der Waals surface area contributed by atoms with E-state index in [2.05, 4.69) is 81.5 Å². The molecule has 0 aromatic heterocycles. The lowest BCUT2D eigenvalue weighted by Gasteiger charge is -2.18. The topological polar surface area (TPSA) is 78.9 Å². The number of rotatable bonds is 57. The molecule has 0 fully saturated rings. The van der Waals surface area contributed by atoms with Crippen molar-refractivity contribution in [3.63, 3.8) is 0 Å². The summed E-state index contributed by atoms with van der Waals surface area (Å²) >= 11 is 0. The number of hydrogen-bond donors (Lipinski definition) is 0. The second kappa shape index (κ2) is 60.7. The zero-order valence-electron chi connectivity index (χ0n) is 47.9. The summed E-state index contributed by atoms with van der Waals surface area (Å²) in [7, 11) is 0. The molecule has 418 valence electrons. The number of carbonyl (C=O) groups excluding carboxylic acids is 3. The largest absolute Gasteiger partial charge is 0.462 e. The van der Waals surface area contributed by atoms with Crippen LogP contribution in [0.25, 0.3) is 0 Å². The van der Waals surface area contributed by atoms with Crippen LogP contribution < -0.4 is 0 Å². The normalized spacial score (nSPS) is 12.4. The van der Waals surface area contributed by atoms with Crippen LogP contribution in [0.5, 0.6) is 0 Å². The van der Waals surface area contributed by atoms with Crippen molar-refractivity contribution in [2.45, 2.75) is 329 Å². The van der Waals surface area contributed by atoms with Gasteiger partial charge in [-0.2, -0.15) is 0 Å². The molecule has 0 aliphatic heterocycles. The fraction of sp³-hybridized carbons (Fsp3) is 0.803. The summed E-state index contributed by atoms with van der Waals surface area (Å²) in [5, 5.41) is 0. The number of hydrogen-bond acceptors (Lipinski definition) is 6. The van der Waals surface area contributed by atoms with Crippen LogP contribution in [-0.2, 0) is 28.6 Å². The highest BCUT2D eigenvalue weighted by atomic mass is 16.6. The average Bonchev–Trinajstić information content (AvgIpc) is 3.38. The molecule has 0 saturated carbocycles. The first-order chi connectivity index (χ1) is 35.5. The third-order valence-corrected chi connectivity index (χ3v) is 13.8. The highest BCUT2D eigenvalue weighted by Crippen LogP contribution is 2.17. The van der Waals surface area contributed by atoms with Crippen molar-refractivity contribution in [2.75, 3.05) is 13.2 Å². The molecule has 0 aromatic carbocycles. The van der Waals surface area contributed by atoms with Crippen molar-refractivity contribution >= 4 is 17.9 Å². The highest BCUT2D eigenvalue weighted by molar-refractivity contribution is 5.71. The smallest absolute Gasteiger partial charge is 0.306 e. The van der Waals surface area contributed by atoms with E-state index in [1.54, 1.807) is 0 Å². The Balaban J connectivity index is 4.36. The summed E-state index contributed by atoms with van der Waals surface area (Å²) < 4.78 is 16.9. The molecule has 72 heavy (non-hydrogen) atoms. The van der Waals surface area contributed by atoms with E-state index < -0.39 is 6.10 Å². The third kappa shape index (κ3) is 58.0. The van der Waals surface area contributed by atoms with E-state index in [9.17, 15) is 14.4 Å². The fourth-order valence-electron chi connectivity index (χ4n) is 9.08. The summed E-state index contributed by atoms with van der Waals surface area (Å²) in [5.74, 6) is -0.875. The maximum Gasteiger partial charge on any atom is 0.306 e. The molecule has 1 atom stereocenters. The van der Waals surface area contributed by atoms with E-state index in [0.29, 0.717) is 19.3 Å². The van der Waals surface area contributed by atoms with E-state index in [4.69, 9.17) is 14.2 Å². The van der Waals surface area contributed by atoms with Crippen LogP contribution in [0.1, 0.15) is 323 Å². The molecule has 1 unspecified atom stereocenters. The molecule has 6 nitrogen and oxygen atoms in total. The second-order valence-corrected chi connectivity index (χ2v) is 20.9. The molecule has 0 bridgehead atoms. The van der Waals surface area contributed by atoms with Gasteiger partial charge in [0.2, 0.25) is 0 Å². The summed E-state index contributed by atoms with van der Waals surface area (Å²) in [5.41, 5.74) is 0. The van der Waals surface area contributed by atoms with Gasteiger partial charge in [0.15, 0.2) is 6.10 Å². The van der Waals surface area contributed by atoms with Crippen molar-refractivity contribution in [3.8, 4) is 0 Å². The quantitative estimate of drug-likeness (QED) is 0.0261. The molecule has 0 saturated heterocycles. The van der Waals surface area contributed by atoms with Crippen LogP contribution in [0.3, 0.4) is 0 Å². The highest BCUT2D eigenvalue weighted by Gasteiger charge is 2.19. The van der Waals surface area contributed by atoms with E-state index in [1.807, 2.05) is 0 Å². The summed E-state index contributed by atoms with van der Waals surface area (Å²) in [6, 6.07) is 0. The minimum Gasteiger partial charge on any atom is -0.462 e. The van der Waals surface area contributed by atoms with Gasteiger partial charge in [-0.15, -0.1) is 0 Å². The van der Waals surface area contributed by atoms with E-state index in [1.165, 1.54) is 186 Å². The first kappa shape index (κ1) is 69.1. The van der Waals surface area contributed by atoms with Gasteiger partial charge in [0.05, 0.1) is 0 Å². The maximum atomic E-state index is 12.9. The van der Waals surface area contributed by atoms with Crippen LogP contribution in [0.2, 0.25) is 0 Å². The van der Waals surface area contributed by atoms with E-state index in [0.717, 1.165) is 96.3 Å². The van der Waals surface area contributed by atoms with Gasteiger partial charge in [0, 0.05) is 19.3 Å². The van der Waals surface area contributed by atoms with Gasteiger partial charge >= 0.3 is 17.9 Å². The Morgan fingerprint density at radius 3 is 0.861 bits per heavy atom. The van der Waals surface area contributed by atoms with E-state index >= 15 is 0 Å². The molecule has 0 N–H and O–H groups in total. The number of allylic oxidation sites excluding steroid dienone is 10. The molecule has 0 heterocycles. The molecule has 0 aromatic rings. The van der Waals surface area contributed by atoms with Crippen molar-refractivity contribution in [1.29, 1.82) is 0 Å². The first-order valence-corrected chi connectivity index (χ1v) is 31.3. The monoisotopic (exact) mass is 1010 g/mol. The van der Waals surface area contributed by atoms with Gasteiger partial charge in [0.1, 0.15) is 13.2 Å². The maximum absolute atomic E-state index is 12.9. The Bertz CT molecular complexity index is 1290. The number of carbonyl (C=O) groups is 3. The standard InChI is InChI=1S/C66H118O6/c1-4-7-10-13-16-19-22-25-28-30-32-33-34-36-38-41-44-47-50-53-56-59-65(68)71-62-63(61-70-64(67)58-55-52-49-46-43-40-37-27-24-21-18-15-12-9-6-3)72-66(69)60-57-54-51-48-45-42-39-35-31-29-26-23-20-17-14-11-8-5-2/h7,10,16,19,25,27-28,32-33,37,63H,4-6,8-9,11-15,17-18,20-24,26,29-31,34-36,38-62H2,1-3H3/b10-7-,19-16-,28-25-,33-32-,37-27-. The molecule has 0 aliphatic rings. The Labute approximate surface area is 447 Å². The lowest BCUT2D eigenvalue weighted by molar-refractivity contribution is -0.167. The number of unbranched alkanes of at least 4 members (excludes halogenated alkanes) is 36. The van der Waals surface area contributed by atoms with Gasteiger partial charge in [-0.3, -0.25) is 14.4 Å². The Morgan fingerprint density at radius 1 is 0.292 bits per heavy atom. The molecule has 0 rings (SSSR count). The Hall–Kier alpha value is -2.89. The molecule has 0 radical (unpaired) electrons. The molecule has 0 aliphatic carbocycles. The minimum atomic E-state index is -0.780. The fourth-order valence-corrected chi connectivity index (χ4v) is 9.08. The van der Waals surface area contributed by atoms with Crippen LogP contribution in [0.15, 0.2) is 60.8 Å². The summed E-state index contributed by atoms with van der Waals surface area (Å²) in [6.07, 6.45) is 76.4. The van der Waals surface area contributed by atoms with Crippen molar-refractivity contribution in [3.05, 3.63) is 60.8 Å². The van der Waals surface area contributed by atoms with Gasteiger partial charge < -0.3 is 14.2 Å². The minimum absolute atomic E-state index is 0.0779. The predicted octanol–water partition coefficient (Wildman–Crippen LogP) is 21.2. The average molecular weight is 1010 g/mol. The molecular formula is C66H118O6. The van der Waals surface area contributed by atoms with Gasteiger partial charge in [-0.1, -0.05) is 281 Å². The second-order valence-electron chi connectivity index (χ2n) is 20.9. The van der Waals surface area contributed by atoms with Gasteiger partial charge in [0.25, 0.3) is 0 Å². The first-order valence-electron chi connectivity index (χ1n) is 31.3. The van der Waals surface area contributed by atoms with E-state index in [-0.39, 0.29) is 31.1 Å². The molecule has 0 spiro atoms. The van der Waals surface area contributed by atoms with Crippen molar-refractivity contribution in [1.82, 2.24) is 0 Å². The molecule has 0 amide bonds. The zero-order valence-corrected chi connectivity index (χ0v) is 47.9. The predicted molar refractivity (Wildman–Crippen MR) is 312 cm³/mol. The lowest BCUT2D eigenvalue weighted by atomic mass is 10.0. The van der Waals surface area contributed by atoms with Crippen LogP contribution in [0, 0.1) is 0 Å². The van der Waals surface area contributed by atoms with Gasteiger partial charge in [-0.25, -0.2) is 0 Å². The summed E-state index contributed by atoms with van der Waals surface area (Å²) in [4.78, 5) is 38.3. The molecular weight excluding hydrogens is 889 g/mol. The van der Waals surface area contributed by atoms with Crippen LogP contribution in [0.4, 0.5) is 0 Å². The third-order valence-electron chi connectivity index (χ3n) is 13.8. The van der Waals surface area contributed by atoms with Gasteiger partial charge in [-0.05, 0) is 83.5 Å². The zero-order chi connectivity index (χ0) is 52.2. The lowest BCUT2D eigenvalue weighted by Crippen LogP contribution is -2.30. The van der Waals surface area contributed by atoms with Crippen LogP contribution >= 0.6 is 0 Å². The van der Waals surface area contributed by atoms with Crippen LogP contribution in [-0.4, -0.2) is 37.2 Å². The van der Waals surface area contributed by atoms with Crippen molar-refractivity contribution in [2.24, 2.45) is 0 Å². The number of ether oxygens (including phenoxy) is 3. The Morgan fingerprint density at radius 2 is 0.542 bits per heavy atom. The van der Waals surface area contributed by atoms with Crippen molar-refractivity contribution < 1.29 is 28.6 Å².